The van der Waals surface area contributed by atoms with Gasteiger partial charge in [0.05, 0.1) is 19.2 Å². The molecule has 0 aliphatic rings. The van der Waals surface area contributed by atoms with E-state index in [2.05, 4.69) is 5.32 Å². The van der Waals surface area contributed by atoms with Crippen LogP contribution in [-0.2, 0) is 4.74 Å². The Kier molecular flexibility index (Phi) is 6.66. The average Bonchev–Trinajstić information content (AvgIpc) is 2.85. The van der Waals surface area contributed by atoms with Crippen LogP contribution in [0, 0.1) is 5.41 Å². The lowest BCUT2D eigenvalue weighted by molar-refractivity contribution is 0.146. The molecule has 8 heteroatoms. The standard InChI is InChI=1S/C25H25N5O3/c1-31-10-11-33-20-7-9-23-21(14-20)25(28-18-6-8-22(27)17(12-18)15-26)30-24(29-23)16-4-3-5-19(13-16)32-2/h3-9,12-15,26H,10-11,27H2,1-2H3,(H,28,29,30). The number of hydrogen-bond acceptors (Lipinski definition) is 8. The van der Waals surface area contributed by atoms with Crippen LogP contribution in [-0.4, -0.2) is 43.6 Å². The Balaban J connectivity index is 1.81. The van der Waals surface area contributed by atoms with Gasteiger partial charge in [0.15, 0.2) is 5.82 Å². The van der Waals surface area contributed by atoms with Gasteiger partial charge in [-0.05, 0) is 48.5 Å². The van der Waals surface area contributed by atoms with Gasteiger partial charge in [-0.1, -0.05) is 12.1 Å². The predicted molar refractivity (Wildman–Crippen MR) is 131 cm³/mol. The van der Waals surface area contributed by atoms with E-state index in [1.54, 1.807) is 26.4 Å². The van der Waals surface area contributed by atoms with Crippen LogP contribution in [0.15, 0.2) is 60.7 Å². The number of nitrogens with zero attached hydrogens (tertiary/aromatic N) is 2. The molecule has 0 bridgehead atoms. The van der Waals surface area contributed by atoms with Crippen molar-refractivity contribution in [2.75, 3.05) is 38.5 Å². The van der Waals surface area contributed by atoms with Gasteiger partial charge in [0, 0.05) is 41.2 Å². The fraction of sp³-hybridized carbons (Fsp3) is 0.160. The summed E-state index contributed by atoms with van der Waals surface area (Å²) in [6, 6.07) is 18.7. The van der Waals surface area contributed by atoms with Crippen LogP contribution in [0.1, 0.15) is 5.56 Å². The van der Waals surface area contributed by atoms with Crippen LogP contribution in [0.3, 0.4) is 0 Å². The molecule has 3 aromatic carbocycles. The van der Waals surface area contributed by atoms with Crippen LogP contribution in [0.2, 0.25) is 0 Å². The first-order chi connectivity index (χ1) is 16.1. The van der Waals surface area contributed by atoms with Crippen molar-refractivity contribution in [3.8, 4) is 22.9 Å². The van der Waals surface area contributed by atoms with E-state index >= 15 is 0 Å². The maximum Gasteiger partial charge on any atom is 0.162 e. The van der Waals surface area contributed by atoms with Gasteiger partial charge in [-0.2, -0.15) is 0 Å². The molecule has 0 fully saturated rings. The summed E-state index contributed by atoms with van der Waals surface area (Å²) in [6.45, 7) is 0.931. The number of benzene rings is 3. The largest absolute Gasteiger partial charge is 0.497 e. The first kappa shape index (κ1) is 22.0. The van der Waals surface area contributed by atoms with E-state index in [4.69, 9.17) is 35.3 Å². The van der Waals surface area contributed by atoms with Crippen molar-refractivity contribution >= 4 is 34.3 Å². The van der Waals surface area contributed by atoms with Gasteiger partial charge in [0.2, 0.25) is 0 Å². The average molecular weight is 444 g/mol. The first-order valence-electron chi connectivity index (χ1n) is 10.4. The molecule has 4 rings (SSSR count). The fourth-order valence-electron chi connectivity index (χ4n) is 3.34. The SMILES string of the molecule is COCCOc1ccc2nc(-c3cccc(OC)c3)nc(Nc3ccc(N)c(C=N)c3)c2c1. The molecule has 1 heterocycles. The monoisotopic (exact) mass is 443 g/mol. The predicted octanol–water partition coefficient (Wildman–Crippen LogP) is 4.65. The van der Waals surface area contributed by atoms with Gasteiger partial charge >= 0.3 is 0 Å². The Morgan fingerprint density at radius 1 is 0.970 bits per heavy atom. The van der Waals surface area contributed by atoms with Crippen molar-refractivity contribution in [1.29, 1.82) is 5.41 Å². The highest BCUT2D eigenvalue weighted by Crippen LogP contribution is 2.31. The van der Waals surface area contributed by atoms with E-state index in [0.717, 1.165) is 27.9 Å². The van der Waals surface area contributed by atoms with Crippen LogP contribution in [0.5, 0.6) is 11.5 Å². The lowest BCUT2D eigenvalue weighted by Gasteiger charge is -2.14. The third kappa shape index (κ3) is 5.02. The van der Waals surface area contributed by atoms with Crippen LogP contribution in [0.4, 0.5) is 17.2 Å². The van der Waals surface area contributed by atoms with Gasteiger partial charge < -0.3 is 30.7 Å². The molecule has 0 saturated heterocycles. The summed E-state index contributed by atoms with van der Waals surface area (Å²) in [5.41, 5.74) is 9.44. The second kappa shape index (κ2) is 9.97. The molecule has 0 aliphatic heterocycles. The Hall–Kier alpha value is -4.17. The third-order valence-corrected chi connectivity index (χ3v) is 5.06. The Morgan fingerprint density at radius 3 is 2.64 bits per heavy atom. The van der Waals surface area contributed by atoms with Crippen molar-refractivity contribution in [3.05, 3.63) is 66.2 Å². The fourth-order valence-corrected chi connectivity index (χ4v) is 3.34. The molecule has 0 radical (unpaired) electrons. The van der Waals surface area contributed by atoms with Gasteiger partial charge in [0.25, 0.3) is 0 Å². The smallest absolute Gasteiger partial charge is 0.162 e. The number of aromatic nitrogens is 2. The maximum atomic E-state index is 7.59. The molecule has 4 N–H and O–H groups in total. The summed E-state index contributed by atoms with van der Waals surface area (Å²) in [7, 11) is 3.26. The molecule has 0 aliphatic carbocycles. The van der Waals surface area contributed by atoms with E-state index < -0.39 is 0 Å². The Labute approximate surface area is 191 Å². The molecule has 33 heavy (non-hydrogen) atoms. The summed E-state index contributed by atoms with van der Waals surface area (Å²) in [5.74, 6) is 2.58. The number of nitrogens with two attached hydrogens (primary N) is 1. The summed E-state index contributed by atoms with van der Waals surface area (Å²) < 4.78 is 16.2. The zero-order chi connectivity index (χ0) is 23.2. The number of ether oxygens (including phenoxy) is 3. The highest BCUT2D eigenvalue weighted by Gasteiger charge is 2.13. The molecule has 8 nitrogen and oxygen atoms in total. The second-order valence-corrected chi connectivity index (χ2v) is 7.26. The molecule has 0 saturated carbocycles. The molecule has 168 valence electrons. The minimum atomic E-state index is 0.439. The number of fused-ring (bicyclic) bond motifs is 1. The third-order valence-electron chi connectivity index (χ3n) is 5.06. The number of anilines is 3. The summed E-state index contributed by atoms with van der Waals surface area (Å²) in [4.78, 5) is 9.58. The Bertz CT molecular complexity index is 1290. The zero-order valence-electron chi connectivity index (χ0n) is 18.5. The second-order valence-electron chi connectivity index (χ2n) is 7.26. The van der Waals surface area contributed by atoms with Crippen LogP contribution in [0.25, 0.3) is 22.3 Å². The summed E-state index contributed by atoms with van der Waals surface area (Å²) in [5, 5.41) is 11.7. The molecular formula is C25H25N5O3. The number of nitrogens with one attached hydrogen (secondary N) is 2. The van der Waals surface area contributed by atoms with Crippen molar-refractivity contribution in [2.24, 2.45) is 0 Å². The van der Waals surface area contributed by atoms with Gasteiger partial charge in [0.1, 0.15) is 23.9 Å². The normalized spacial score (nSPS) is 10.7. The number of nitrogen functional groups attached to an aromatic ring is 1. The van der Waals surface area contributed by atoms with Crippen molar-refractivity contribution in [3.63, 3.8) is 0 Å². The maximum absolute atomic E-state index is 7.59. The Morgan fingerprint density at radius 2 is 1.85 bits per heavy atom. The van der Waals surface area contributed by atoms with Crippen LogP contribution < -0.4 is 20.5 Å². The van der Waals surface area contributed by atoms with Crippen molar-refractivity contribution in [2.45, 2.75) is 0 Å². The topological polar surface area (TPSA) is 115 Å². The quantitative estimate of drug-likeness (QED) is 0.196. The molecule has 0 unspecified atom stereocenters. The van der Waals surface area contributed by atoms with Gasteiger partial charge in [-0.25, -0.2) is 9.97 Å². The highest BCUT2D eigenvalue weighted by atomic mass is 16.5. The van der Waals surface area contributed by atoms with E-state index in [9.17, 15) is 0 Å². The highest BCUT2D eigenvalue weighted by molar-refractivity contribution is 5.94. The molecule has 0 amide bonds. The molecule has 0 atom stereocenters. The van der Waals surface area contributed by atoms with Crippen molar-refractivity contribution in [1.82, 2.24) is 9.97 Å². The molecular weight excluding hydrogens is 418 g/mol. The number of hydrogen-bond donors (Lipinski definition) is 3. The van der Waals surface area contributed by atoms with E-state index in [-0.39, 0.29) is 0 Å². The van der Waals surface area contributed by atoms with Gasteiger partial charge in [-0.3, -0.25) is 0 Å². The summed E-state index contributed by atoms with van der Waals surface area (Å²) in [6.07, 6.45) is 1.22. The van der Waals surface area contributed by atoms with E-state index in [1.165, 1.54) is 6.21 Å². The number of methoxy groups -OCH3 is 2. The minimum absolute atomic E-state index is 0.439. The molecule has 0 spiro atoms. The van der Waals surface area contributed by atoms with Gasteiger partial charge in [-0.15, -0.1) is 0 Å². The van der Waals surface area contributed by atoms with Crippen molar-refractivity contribution < 1.29 is 14.2 Å². The van der Waals surface area contributed by atoms with Crippen LogP contribution >= 0.6 is 0 Å². The molecule has 1 aromatic heterocycles. The zero-order valence-corrected chi connectivity index (χ0v) is 18.5. The van der Waals surface area contributed by atoms with E-state index in [1.807, 2.05) is 48.5 Å². The summed E-state index contributed by atoms with van der Waals surface area (Å²) >= 11 is 0. The lowest BCUT2D eigenvalue weighted by Crippen LogP contribution is -2.05. The molecule has 4 aromatic rings. The lowest BCUT2D eigenvalue weighted by atomic mass is 10.1. The first-order valence-corrected chi connectivity index (χ1v) is 10.4. The van der Waals surface area contributed by atoms with E-state index in [0.29, 0.717) is 41.9 Å². The minimum Gasteiger partial charge on any atom is -0.497 e. The number of rotatable bonds is 9.